The minimum Gasteiger partial charge on any atom is -0.212 e. The zero-order chi connectivity index (χ0) is 15.3. The van der Waals surface area contributed by atoms with Crippen LogP contribution in [0, 0.1) is 5.41 Å². The molecule has 0 atom stereocenters. The minimum absolute atomic E-state index is 0.113. The zero-order valence-electron chi connectivity index (χ0n) is 12.0. The van der Waals surface area contributed by atoms with Crippen molar-refractivity contribution in [2.45, 2.75) is 53.1 Å². The second kappa shape index (κ2) is 6.92. The van der Waals surface area contributed by atoms with Gasteiger partial charge in [-0.15, -0.1) is 0 Å². The van der Waals surface area contributed by atoms with E-state index < -0.39 is 22.0 Å². The molecule has 116 valence electrons. The number of hydrogen-bond acceptors (Lipinski definition) is 2. The van der Waals surface area contributed by atoms with Gasteiger partial charge in [0.2, 0.25) is 10.0 Å². The van der Waals surface area contributed by atoms with Crippen LogP contribution in [0.3, 0.4) is 0 Å². The topological polar surface area (TPSA) is 37.4 Å². The van der Waals surface area contributed by atoms with Crippen molar-refractivity contribution >= 4 is 10.0 Å². The number of unbranched alkanes of at least 4 members (excludes halogenated alkanes) is 1. The van der Waals surface area contributed by atoms with Crippen molar-refractivity contribution in [3.05, 3.63) is 0 Å². The van der Waals surface area contributed by atoms with E-state index in [0.29, 0.717) is 12.8 Å². The van der Waals surface area contributed by atoms with Gasteiger partial charge >= 0.3 is 6.18 Å². The van der Waals surface area contributed by atoms with E-state index in [1.807, 2.05) is 27.7 Å². The van der Waals surface area contributed by atoms with Crippen LogP contribution in [0.1, 0.15) is 47.0 Å². The molecule has 0 aliphatic carbocycles. The van der Waals surface area contributed by atoms with Crippen LogP contribution >= 0.6 is 0 Å². The van der Waals surface area contributed by atoms with E-state index in [2.05, 4.69) is 0 Å². The van der Waals surface area contributed by atoms with E-state index in [1.165, 1.54) is 0 Å². The summed E-state index contributed by atoms with van der Waals surface area (Å²) >= 11 is 0. The van der Waals surface area contributed by atoms with Gasteiger partial charge in [-0.3, -0.25) is 0 Å². The predicted octanol–water partition coefficient (Wildman–Crippen LogP) is 3.42. The average molecular weight is 303 g/mol. The number of alkyl halides is 3. The van der Waals surface area contributed by atoms with Crippen LogP contribution in [0.5, 0.6) is 0 Å². The molecule has 0 unspecified atom stereocenters. The normalized spacial score (nSPS) is 14.1. The van der Waals surface area contributed by atoms with E-state index in [9.17, 15) is 21.6 Å². The molecule has 0 aromatic carbocycles. The van der Waals surface area contributed by atoms with Gasteiger partial charge in [0, 0.05) is 13.1 Å². The highest BCUT2D eigenvalue weighted by Crippen LogP contribution is 2.23. The zero-order valence-corrected chi connectivity index (χ0v) is 12.9. The van der Waals surface area contributed by atoms with Gasteiger partial charge in [-0.05, 0) is 18.3 Å². The summed E-state index contributed by atoms with van der Waals surface area (Å²) < 4.78 is 61.4. The molecule has 19 heavy (non-hydrogen) atoms. The molecule has 0 rings (SSSR count). The lowest BCUT2D eigenvalue weighted by Crippen LogP contribution is -2.40. The molecule has 0 amide bonds. The Balaban J connectivity index is 4.82. The lowest BCUT2D eigenvalue weighted by molar-refractivity contribution is -0.107. The maximum atomic E-state index is 12.3. The summed E-state index contributed by atoms with van der Waals surface area (Å²) in [6.07, 6.45) is -2.84. The number of sulfonamides is 1. The average Bonchev–Trinajstić information content (AvgIpc) is 2.11. The Morgan fingerprint density at radius 2 is 1.58 bits per heavy atom. The first-order valence-corrected chi connectivity index (χ1v) is 8.03. The predicted molar refractivity (Wildman–Crippen MR) is 70.4 cm³/mol. The molecule has 0 aromatic heterocycles. The van der Waals surface area contributed by atoms with Gasteiger partial charge in [0.1, 0.15) is 0 Å². The fourth-order valence-electron chi connectivity index (χ4n) is 1.48. The first kappa shape index (κ1) is 18.7. The van der Waals surface area contributed by atoms with E-state index in [0.717, 1.165) is 10.7 Å². The highest BCUT2D eigenvalue weighted by atomic mass is 32.2. The molecule has 0 spiro atoms. The molecule has 0 fully saturated rings. The fourth-order valence-corrected chi connectivity index (χ4v) is 2.86. The van der Waals surface area contributed by atoms with E-state index >= 15 is 0 Å². The molecule has 0 radical (unpaired) electrons. The fraction of sp³-hybridized carbons (Fsp3) is 1.00. The van der Waals surface area contributed by atoms with Crippen molar-refractivity contribution in [2.24, 2.45) is 5.41 Å². The van der Waals surface area contributed by atoms with Crippen molar-refractivity contribution in [3.63, 3.8) is 0 Å². The third kappa shape index (κ3) is 9.27. The van der Waals surface area contributed by atoms with Crippen molar-refractivity contribution < 1.29 is 21.6 Å². The SMILES string of the molecule is CCCCN(CCC(C)(C)C)S(=O)(=O)CC(F)(F)F. The second-order valence-corrected chi connectivity index (χ2v) is 7.90. The van der Waals surface area contributed by atoms with Crippen molar-refractivity contribution in [3.8, 4) is 0 Å². The molecule has 0 aliphatic rings. The lowest BCUT2D eigenvalue weighted by atomic mass is 9.92. The summed E-state index contributed by atoms with van der Waals surface area (Å²) in [5.41, 5.74) is -0.113. The number of halogens is 3. The molecule has 0 aliphatic heterocycles. The van der Waals surface area contributed by atoms with Crippen LogP contribution in [0.25, 0.3) is 0 Å². The lowest BCUT2D eigenvalue weighted by Gasteiger charge is -2.26. The number of nitrogens with zero attached hydrogens (tertiary/aromatic N) is 1. The van der Waals surface area contributed by atoms with Gasteiger partial charge in [-0.25, -0.2) is 12.7 Å². The third-order valence-electron chi connectivity index (χ3n) is 2.61. The first-order valence-electron chi connectivity index (χ1n) is 6.42. The summed E-state index contributed by atoms with van der Waals surface area (Å²) in [6, 6.07) is 0. The van der Waals surface area contributed by atoms with Crippen LogP contribution in [-0.4, -0.2) is 37.7 Å². The van der Waals surface area contributed by atoms with Crippen LogP contribution in [-0.2, 0) is 10.0 Å². The Morgan fingerprint density at radius 1 is 1.05 bits per heavy atom. The quantitative estimate of drug-likeness (QED) is 0.722. The Kier molecular flexibility index (Phi) is 6.82. The van der Waals surface area contributed by atoms with E-state index in [-0.39, 0.29) is 18.5 Å². The summed E-state index contributed by atoms with van der Waals surface area (Å²) in [5.74, 6) is -1.77. The van der Waals surface area contributed by atoms with Gasteiger partial charge in [0.25, 0.3) is 0 Å². The van der Waals surface area contributed by atoms with E-state index in [4.69, 9.17) is 0 Å². The number of rotatable bonds is 7. The third-order valence-corrected chi connectivity index (χ3v) is 4.46. The van der Waals surface area contributed by atoms with Gasteiger partial charge < -0.3 is 0 Å². The molecule has 0 bridgehead atoms. The molecule has 0 aromatic rings. The van der Waals surface area contributed by atoms with Crippen LogP contribution < -0.4 is 0 Å². The Morgan fingerprint density at radius 3 is 1.95 bits per heavy atom. The van der Waals surface area contributed by atoms with Crippen LogP contribution in [0.4, 0.5) is 13.2 Å². The monoisotopic (exact) mass is 303 g/mol. The maximum Gasteiger partial charge on any atom is 0.404 e. The summed E-state index contributed by atoms with van der Waals surface area (Å²) in [6.45, 7) is 7.97. The number of hydrogen-bond donors (Lipinski definition) is 0. The molecular formula is C12H24F3NO2S. The first-order chi connectivity index (χ1) is 8.37. The molecular weight excluding hydrogens is 279 g/mol. The van der Waals surface area contributed by atoms with Crippen molar-refractivity contribution in [1.82, 2.24) is 4.31 Å². The molecule has 0 heterocycles. The van der Waals surface area contributed by atoms with E-state index in [1.54, 1.807) is 0 Å². The van der Waals surface area contributed by atoms with Gasteiger partial charge in [0.15, 0.2) is 5.75 Å². The van der Waals surface area contributed by atoms with Crippen molar-refractivity contribution in [1.29, 1.82) is 0 Å². The standard InChI is InChI=1S/C12H24F3NO2S/c1-5-6-8-16(9-7-11(2,3)4)19(17,18)10-12(13,14)15/h5-10H2,1-4H3. The van der Waals surface area contributed by atoms with Crippen LogP contribution in [0.2, 0.25) is 0 Å². The molecule has 0 N–H and O–H groups in total. The Bertz CT molecular complexity index is 358. The Labute approximate surface area is 114 Å². The van der Waals surface area contributed by atoms with Crippen LogP contribution in [0.15, 0.2) is 0 Å². The highest BCUT2D eigenvalue weighted by Gasteiger charge is 2.38. The summed E-state index contributed by atoms with van der Waals surface area (Å²) in [5, 5.41) is 0. The smallest absolute Gasteiger partial charge is 0.212 e. The second-order valence-electron chi connectivity index (χ2n) is 5.93. The van der Waals surface area contributed by atoms with Gasteiger partial charge in [-0.2, -0.15) is 13.2 Å². The maximum absolute atomic E-state index is 12.3. The summed E-state index contributed by atoms with van der Waals surface area (Å²) in [4.78, 5) is 0. The summed E-state index contributed by atoms with van der Waals surface area (Å²) in [7, 11) is -4.27. The minimum atomic E-state index is -4.69. The Hall–Kier alpha value is -0.300. The molecule has 0 saturated heterocycles. The molecule has 0 saturated carbocycles. The molecule has 7 heteroatoms. The van der Waals surface area contributed by atoms with Gasteiger partial charge in [0.05, 0.1) is 0 Å². The highest BCUT2D eigenvalue weighted by molar-refractivity contribution is 7.89. The molecule has 3 nitrogen and oxygen atoms in total. The largest absolute Gasteiger partial charge is 0.404 e. The van der Waals surface area contributed by atoms with Gasteiger partial charge in [-0.1, -0.05) is 34.1 Å². The van der Waals surface area contributed by atoms with Crippen molar-refractivity contribution in [2.75, 3.05) is 18.8 Å².